The number of hydrogen-bond acceptors (Lipinski definition) is 2. The standard InChI is InChI=1S/C17H23NO2/c1-18(17(19)15-10-6-7-11-15)16(13-20-2)12-14-8-4-3-5-9-14/h3-9,15-16H,10-13H2,1-2H3. The second kappa shape index (κ2) is 7.25. The van der Waals surface area contributed by atoms with Gasteiger partial charge in [-0.05, 0) is 24.8 Å². The number of carbonyl (C=O) groups excluding carboxylic acids is 1. The number of rotatable bonds is 6. The lowest BCUT2D eigenvalue weighted by Gasteiger charge is -2.30. The first-order chi connectivity index (χ1) is 9.72. The van der Waals surface area contributed by atoms with Crippen molar-refractivity contribution in [3.8, 4) is 0 Å². The first-order valence-corrected chi connectivity index (χ1v) is 7.17. The molecule has 0 N–H and O–H groups in total. The first-order valence-electron chi connectivity index (χ1n) is 7.17. The van der Waals surface area contributed by atoms with Gasteiger partial charge in [-0.15, -0.1) is 0 Å². The van der Waals surface area contributed by atoms with Gasteiger partial charge in [-0.3, -0.25) is 4.79 Å². The van der Waals surface area contributed by atoms with E-state index in [0.717, 1.165) is 19.3 Å². The normalized spacial score (nSPS) is 16.3. The summed E-state index contributed by atoms with van der Waals surface area (Å²) >= 11 is 0. The minimum absolute atomic E-state index is 0.0931. The number of amides is 1. The topological polar surface area (TPSA) is 29.5 Å². The summed E-state index contributed by atoms with van der Waals surface area (Å²) in [6.45, 7) is 0.567. The van der Waals surface area contributed by atoms with Crippen LogP contribution in [0.4, 0.5) is 0 Å². The van der Waals surface area contributed by atoms with E-state index in [4.69, 9.17) is 4.74 Å². The molecule has 2 rings (SSSR count). The van der Waals surface area contributed by atoms with Crippen LogP contribution in [-0.4, -0.2) is 37.6 Å². The molecule has 108 valence electrons. The van der Waals surface area contributed by atoms with Crippen molar-refractivity contribution in [2.24, 2.45) is 5.92 Å². The van der Waals surface area contributed by atoms with Crippen LogP contribution in [0.5, 0.6) is 0 Å². The van der Waals surface area contributed by atoms with Crippen molar-refractivity contribution in [3.63, 3.8) is 0 Å². The molecule has 3 heteroatoms. The minimum atomic E-state index is 0.0931. The van der Waals surface area contributed by atoms with Crippen LogP contribution in [0.15, 0.2) is 42.5 Å². The van der Waals surface area contributed by atoms with E-state index in [1.165, 1.54) is 5.56 Å². The summed E-state index contributed by atoms with van der Waals surface area (Å²) in [6, 6.07) is 10.4. The van der Waals surface area contributed by atoms with Crippen molar-refractivity contribution in [2.45, 2.75) is 25.3 Å². The number of hydrogen-bond donors (Lipinski definition) is 0. The lowest BCUT2D eigenvalue weighted by molar-refractivity contribution is -0.137. The molecule has 0 heterocycles. The van der Waals surface area contributed by atoms with Crippen LogP contribution in [0.2, 0.25) is 0 Å². The molecule has 1 amide bonds. The highest BCUT2D eigenvalue weighted by molar-refractivity contribution is 5.79. The molecule has 1 aliphatic carbocycles. The van der Waals surface area contributed by atoms with Crippen molar-refractivity contribution in [3.05, 3.63) is 48.0 Å². The van der Waals surface area contributed by atoms with E-state index in [1.807, 2.05) is 30.1 Å². The molecule has 0 aromatic heterocycles. The van der Waals surface area contributed by atoms with Gasteiger partial charge in [-0.25, -0.2) is 0 Å². The van der Waals surface area contributed by atoms with Gasteiger partial charge in [0.05, 0.1) is 12.6 Å². The van der Waals surface area contributed by atoms with E-state index >= 15 is 0 Å². The van der Waals surface area contributed by atoms with Gasteiger partial charge in [0.1, 0.15) is 0 Å². The van der Waals surface area contributed by atoms with Gasteiger partial charge in [-0.2, -0.15) is 0 Å². The maximum absolute atomic E-state index is 12.5. The summed E-state index contributed by atoms with van der Waals surface area (Å²) in [6.07, 6.45) is 6.76. The van der Waals surface area contributed by atoms with Gasteiger partial charge in [0.25, 0.3) is 0 Å². The zero-order valence-electron chi connectivity index (χ0n) is 12.3. The Balaban J connectivity index is 2.01. The number of allylic oxidation sites excluding steroid dienone is 2. The van der Waals surface area contributed by atoms with E-state index in [1.54, 1.807) is 7.11 Å². The highest BCUT2D eigenvalue weighted by atomic mass is 16.5. The van der Waals surface area contributed by atoms with E-state index in [-0.39, 0.29) is 17.9 Å². The Morgan fingerprint density at radius 1 is 1.30 bits per heavy atom. The predicted octanol–water partition coefficient (Wildman–Crippen LogP) is 2.67. The highest BCUT2D eigenvalue weighted by Crippen LogP contribution is 2.21. The van der Waals surface area contributed by atoms with Gasteiger partial charge >= 0.3 is 0 Å². The van der Waals surface area contributed by atoms with E-state index in [2.05, 4.69) is 24.3 Å². The van der Waals surface area contributed by atoms with Crippen LogP contribution in [-0.2, 0) is 16.0 Å². The summed E-state index contributed by atoms with van der Waals surface area (Å²) in [5.74, 6) is 0.350. The Labute approximate surface area is 121 Å². The molecule has 0 fully saturated rings. The molecule has 20 heavy (non-hydrogen) atoms. The summed E-state index contributed by atoms with van der Waals surface area (Å²) in [5, 5.41) is 0. The van der Waals surface area contributed by atoms with Crippen molar-refractivity contribution in [2.75, 3.05) is 20.8 Å². The smallest absolute Gasteiger partial charge is 0.226 e. The fraction of sp³-hybridized carbons (Fsp3) is 0.471. The second-order valence-electron chi connectivity index (χ2n) is 5.39. The lowest BCUT2D eigenvalue weighted by atomic mass is 10.0. The predicted molar refractivity (Wildman–Crippen MR) is 80.4 cm³/mol. The summed E-state index contributed by atoms with van der Waals surface area (Å²) < 4.78 is 5.30. The van der Waals surface area contributed by atoms with Crippen molar-refractivity contribution >= 4 is 5.91 Å². The molecule has 0 bridgehead atoms. The van der Waals surface area contributed by atoms with E-state index in [9.17, 15) is 4.79 Å². The maximum Gasteiger partial charge on any atom is 0.226 e. The van der Waals surface area contributed by atoms with Crippen LogP contribution in [0, 0.1) is 5.92 Å². The number of likely N-dealkylation sites (N-methyl/N-ethyl adjacent to an activating group) is 1. The third kappa shape index (κ3) is 3.70. The minimum Gasteiger partial charge on any atom is -0.383 e. The molecule has 0 aliphatic heterocycles. The molecular weight excluding hydrogens is 250 g/mol. The number of carbonyl (C=O) groups is 1. The molecule has 3 nitrogen and oxygen atoms in total. The van der Waals surface area contributed by atoms with Gasteiger partial charge < -0.3 is 9.64 Å². The molecule has 1 unspecified atom stereocenters. The van der Waals surface area contributed by atoms with E-state index < -0.39 is 0 Å². The molecule has 0 radical (unpaired) electrons. The monoisotopic (exact) mass is 273 g/mol. The van der Waals surface area contributed by atoms with E-state index in [0.29, 0.717) is 6.61 Å². The fourth-order valence-electron chi connectivity index (χ4n) is 2.67. The number of methoxy groups -OCH3 is 1. The largest absolute Gasteiger partial charge is 0.383 e. The molecular formula is C17H23NO2. The molecule has 0 saturated carbocycles. The molecule has 1 aromatic rings. The lowest BCUT2D eigenvalue weighted by Crippen LogP contribution is -2.43. The highest BCUT2D eigenvalue weighted by Gasteiger charge is 2.27. The van der Waals surface area contributed by atoms with Gasteiger partial charge in [-0.1, -0.05) is 42.5 Å². The zero-order valence-corrected chi connectivity index (χ0v) is 12.3. The average Bonchev–Trinajstić information content (AvgIpc) is 3.00. The first kappa shape index (κ1) is 14.8. The van der Waals surface area contributed by atoms with Crippen LogP contribution in [0.25, 0.3) is 0 Å². The molecule has 1 atom stereocenters. The second-order valence-corrected chi connectivity index (χ2v) is 5.39. The van der Waals surface area contributed by atoms with Crippen LogP contribution in [0.3, 0.4) is 0 Å². The van der Waals surface area contributed by atoms with Gasteiger partial charge in [0, 0.05) is 20.1 Å². The molecule has 1 aliphatic rings. The summed E-state index contributed by atoms with van der Waals surface area (Å²) in [7, 11) is 3.58. The third-order valence-corrected chi connectivity index (χ3v) is 3.93. The molecule has 0 saturated heterocycles. The fourth-order valence-corrected chi connectivity index (χ4v) is 2.67. The quantitative estimate of drug-likeness (QED) is 0.746. The number of benzene rings is 1. The third-order valence-electron chi connectivity index (χ3n) is 3.93. The van der Waals surface area contributed by atoms with Crippen molar-refractivity contribution < 1.29 is 9.53 Å². The van der Waals surface area contributed by atoms with Crippen LogP contribution >= 0.6 is 0 Å². The summed E-state index contributed by atoms with van der Waals surface area (Å²) in [4.78, 5) is 14.4. The maximum atomic E-state index is 12.5. The molecule has 1 aromatic carbocycles. The Morgan fingerprint density at radius 3 is 2.55 bits per heavy atom. The van der Waals surface area contributed by atoms with Crippen LogP contribution in [0.1, 0.15) is 18.4 Å². The number of nitrogens with zero attached hydrogens (tertiary/aromatic N) is 1. The Morgan fingerprint density at radius 2 is 1.95 bits per heavy atom. The van der Waals surface area contributed by atoms with Crippen LogP contribution < -0.4 is 0 Å². The summed E-state index contributed by atoms with van der Waals surface area (Å²) in [5.41, 5.74) is 1.23. The Hall–Kier alpha value is -1.61. The Bertz CT molecular complexity index is 447. The zero-order chi connectivity index (χ0) is 14.4. The van der Waals surface area contributed by atoms with Gasteiger partial charge in [0.2, 0.25) is 5.91 Å². The van der Waals surface area contributed by atoms with Crippen molar-refractivity contribution in [1.29, 1.82) is 0 Å². The number of ether oxygens (including phenoxy) is 1. The Kier molecular flexibility index (Phi) is 5.36. The SMILES string of the molecule is COCC(Cc1ccccc1)N(C)C(=O)C1CC=CC1. The molecule has 0 spiro atoms. The van der Waals surface area contributed by atoms with Gasteiger partial charge in [0.15, 0.2) is 0 Å². The average molecular weight is 273 g/mol. The van der Waals surface area contributed by atoms with Crippen molar-refractivity contribution in [1.82, 2.24) is 4.90 Å².